The Kier molecular flexibility index (Phi) is 11.4. The number of hydrogen-bond donors (Lipinski definition) is 1. The van der Waals surface area contributed by atoms with Crippen molar-refractivity contribution in [2.45, 2.75) is 0 Å². The van der Waals surface area contributed by atoms with Gasteiger partial charge in [0.25, 0.3) is 0 Å². The molecule has 8 nitrogen and oxygen atoms in total. The Morgan fingerprint density at radius 2 is 1.55 bits per heavy atom. The Labute approximate surface area is 244 Å². The second kappa shape index (κ2) is 13.3. The summed E-state index contributed by atoms with van der Waals surface area (Å²) in [5.41, 5.74) is 1.23. The fourth-order valence-corrected chi connectivity index (χ4v) is 7.53. The normalized spacial score (nSPS) is 10.3. The minimum Gasteiger partial charge on any atom is -0.495 e. The van der Waals surface area contributed by atoms with Crippen molar-refractivity contribution in [3.63, 3.8) is 0 Å². The first kappa shape index (κ1) is 28.3. The third-order valence-electron chi connectivity index (χ3n) is 3.95. The summed E-state index contributed by atoms with van der Waals surface area (Å²) in [4.78, 5) is 36.0. The molecule has 0 radical (unpaired) electrons. The van der Waals surface area contributed by atoms with E-state index in [0.29, 0.717) is 22.2 Å². The van der Waals surface area contributed by atoms with Gasteiger partial charge in [-0.05, 0) is 114 Å². The van der Waals surface area contributed by atoms with Crippen LogP contribution in [0.4, 0.5) is 0 Å². The third-order valence-corrected chi connectivity index (χ3v) is 7.43. The van der Waals surface area contributed by atoms with Crippen LogP contribution in [0.3, 0.4) is 0 Å². The lowest BCUT2D eigenvalue weighted by molar-refractivity contribution is -0.139. The molecule has 0 atom stereocenters. The van der Waals surface area contributed by atoms with Crippen molar-refractivity contribution >= 4 is 114 Å². The highest BCUT2D eigenvalue weighted by molar-refractivity contribution is 14.1. The number of methoxy groups -OCH3 is 1. The number of carbonyl (C=O) groups is 3. The lowest BCUT2D eigenvalue weighted by atomic mass is 10.1. The molecule has 12 heteroatoms. The number of ether oxygens (including phenoxy) is 4. The van der Waals surface area contributed by atoms with Crippen LogP contribution in [0.15, 0.2) is 24.8 Å². The summed E-state index contributed by atoms with van der Waals surface area (Å²) < 4.78 is 23.6. The van der Waals surface area contributed by atoms with Crippen LogP contribution in [0.25, 0.3) is 6.08 Å². The van der Waals surface area contributed by atoms with Gasteiger partial charge in [0.1, 0.15) is 30.3 Å². The highest BCUT2D eigenvalue weighted by Crippen LogP contribution is 2.34. The van der Waals surface area contributed by atoms with Crippen molar-refractivity contribution in [1.82, 2.24) is 0 Å². The van der Waals surface area contributed by atoms with E-state index >= 15 is 0 Å². The quantitative estimate of drug-likeness (QED) is 0.196. The summed E-state index contributed by atoms with van der Waals surface area (Å²) in [6.45, 7) is 2.83. The average Bonchev–Trinajstić information content (AvgIpc) is 2.75. The van der Waals surface area contributed by atoms with Crippen LogP contribution < -0.4 is 9.47 Å². The Hall–Kier alpha value is -0.890. The van der Waals surface area contributed by atoms with Crippen LogP contribution in [-0.4, -0.2) is 49.9 Å². The van der Waals surface area contributed by atoms with Gasteiger partial charge in [-0.2, -0.15) is 0 Å². The van der Waals surface area contributed by atoms with Crippen molar-refractivity contribution < 1.29 is 38.4 Å². The van der Waals surface area contributed by atoms with Crippen molar-refractivity contribution in [1.29, 1.82) is 0 Å². The lowest BCUT2D eigenvalue weighted by Gasteiger charge is -2.14. The monoisotopic (exact) mass is 904 g/mol. The van der Waals surface area contributed by atoms with E-state index in [1.807, 2.05) is 73.8 Å². The van der Waals surface area contributed by atoms with Crippen LogP contribution in [-0.2, 0) is 14.3 Å². The van der Waals surface area contributed by atoms with Gasteiger partial charge in [-0.3, -0.25) is 0 Å². The van der Waals surface area contributed by atoms with Crippen LogP contribution in [0.5, 0.6) is 11.5 Å². The number of rotatable bonds is 10. The van der Waals surface area contributed by atoms with Crippen LogP contribution >= 0.6 is 90.4 Å². The number of carboxylic acid groups (broad SMARTS) is 1. The highest BCUT2D eigenvalue weighted by Gasteiger charge is 2.23. The Morgan fingerprint density at radius 3 is 2.12 bits per heavy atom. The first-order valence-corrected chi connectivity index (χ1v) is 13.3. The van der Waals surface area contributed by atoms with Gasteiger partial charge < -0.3 is 24.1 Å². The fourth-order valence-electron chi connectivity index (χ4n) is 2.54. The molecule has 1 N–H and O–H groups in total. The molecule has 2 aromatic rings. The molecule has 0 aliphatic heterocycles. The first-order valence-electron chi connectivity index (χ1n) is 8.97. The van der Waals surface area contributed by atoms with Crippen molar-refractivity contribution in [2.24, 2.45) is 0 Å². The fraction of sp³-hybridized carbons (Fsp3) is 0.190. The maximum atomic E-state index is 12.7. The van der Waals surface area contributed by atoms with Gasteiger partial charge in [-0.25, -0.2) is 14.4 Å². The van der Waals surface area contributed by atoms with E-state index in [-0.39, 0.29) is 24.3 Å². The summed E-state index contributed by atoms with van der Waals surface area (Å²) in [5.74, 6) is -1.71. The van der Waals surface area contributed by atoms with Crippen molar-refractivity contribution in [3.8, 4) is 11.5 Å². The molecule has 0 aliphatic carbocycles. The van der Waals surface area contributed by atoms with E-state index in [2.05, 4.69) is 29.2 Å². The first-order chi connectivity index (χ1) is 15.6. The number of esters is 2. The number of carboxylic acids is 1. The Bertz CT molecular complexity index is 1100. The summed E-state index contributed by atoms with van der Waals surface area (Å²) in [6.07, 6.45) is 1.61. The number of aliphatic carboxylic acids is 1. The molecule has 0 amide bonds. The number of halogens is 4. The summed E-state index contributed by atoms with van der Waals surface area (Å²) in [6, 6.07) is 5.12. The van der Waals surface area contributed by atoms with Gasteiger partial charge in [-0.1, -0.05) is 12.7 Å². The van der Waals surface area contributed by atoms with Gasteiger partial charge >= 0.3 is 17.9 Å². The van der Waals surface area contributed by atoms with Crippen LogP contribution in [0.1, 0.15) is 26.3 Å². The minimum absolute atomic E-state index is 0.164. The van der Waals surface area contributed by atoms with E-state index in [9.17, 15) is 14.4 Å². The molecule has 0 unspecified atom stereocenters. The maximum Gasteiger partial charge on any atom is 0.342 e. The molecule has 0 aliphatic rings. The van der Waals surface area contributed by atoms with Gasteiger partial charge in [0.05, 0.1) is 23.4 Å². The maximum absolute atomic E-state index is 12.7. The molecular weight excluding hydrogens is 888 g/mol. The van der Waals surface area contributed by atoms with Gasteiger partial charge in [0.15, 0.2) is 6.61 Å². The van der Waals surface area contributed by atoms with Crippen molar-refractivity contribution in [3.05, 3.63) is 55.7 Å². The van der Waals surface area contributed by atoms with E-state index in [0.717, 1.165) is 9.13 Å². The molecule has 0 saturated carbocycles. The molecule has 2 rings (SSSR count). The molecule has 0 saturated heterocycles. The highest BCUT2D eigenvalue weighted by atomic mass is 127. The van der Waals surface area contributed by atoms with Crippen LogP contribution in [0.2, 0.25) is 0 Å². The molecule has 0 bridgehead atoms. The molecule has 0 heterocycles. The Morgan fingerprint density at radius 1 is 0.939 bits per heavy atom. The number of carbonyl (C=O) groups excluding carboxylic acids is 2. The second-order valence-electron chi connectivity index (χ2n) is 6.10. The summed E-state index contributed by atoms with van der Waals surface area (Å²) >= 11 is 7.97. The van der Waals surface area contributed by atoms with E-state index < -0.39 is 24.5 Å². The summed E-state index contributed by atoms with van der Waals surface area (Å²) in [5, 5.41) is 8.86. The summed E-state index contributed by atoms with van der Waals surface area (Å²) in [7, 11) is 1.46. The molecular formula is C21H16I4O8. The van der Waals surface area contributed by atoms with E-state index in [1.165, 1.54) is 7.11 Å². The van der Waals surface area contributed by atoms with Gasteiger partial charge in [0.2, 0.25) is 0 Å². The van der Waals surface area contributed by atoms with E-state index in [4.69, 9.17) is 24.1 Å². The minimum atomic E-state index is -1.13. The zero-order valence-electron chi connectivity index (χ0n) is 17.0. The van der Waals surface area contributed by atoms with Crippen molar-refractivity contribution in [2.75, 3.05) is 26.9 Å². The zero-order chi connectivity index (χ0) is 24.7. The number of benzene rings is 2. The van der Waals surface area contributed by atoms with Gasteiger partial charge in [0, 0.05) is 3.57 Å². The van der Waals surface area contributed by atoms with E-state index in [1.54, 1.807) is 18.2 Å². The molecule has 0 spiro atoms. The molecule has 2 aromatic carbocycles. The second-order valence-corrected chi connectivity index (χ2v) is 10.7. The topological polar surface area (TPSA) is 108 Å². The number of hydrogen-bond acceptors (Lipinski definition) is 7. The Balaban J connectivity index is 2.06. The third kappa shape index (κ3) is 7.55. The molecule has 0 fully saturated rings. The standard InChI is InChI=1S/C21H16I4O8/c1-3-10-6-11(18(30-2)13(23)7-10)20(28)31-4-5-32-21(29)16-12(22)8-14(24)19(17(16)25)33-9-15(26)27/h3,6-8H,1,4-5,9H2,2H3,(H,26,27). The molecule has 33 heavy (non-hydrogen) atoms. The average molecular weight is 904 g/mol. The SMILES string of the molecule is C=Cc1cc(I)c(OC)c(C(=O)OCCOC(=O)c2c(I)cc(I)c(OCC(=O)O)c2I)c1. The predicted molar refractivity (Wildman–Crippen MR) is 154 cm³/mol. The lowest BCUT2D eigenvalue weighted by Crippen LogP contribution is -2.18. The smallest absolute Gasteiger partial charge is 0.342 e. The van der Waals surface area contributed by atoms with Crippen LogP contribution in [0, 0.1) is 14.3 Å². The predicted octanol–water partition coefficient (Wildman–Crippen LogP) is 5.23. The van der Waals surface area contributed by atoms with Gasteiger partial charge in [-0.15, -0.1) is 0 Å². The largest absolute Gasteiger partial charge is 0.495 e. The zero-order valence-corrected chi connectivity index (χ0v) is 25.6. The molecule has 176 valence electrons. The molecule has 0 aromatic heterocycles.